The molecule has 0 amide bonds. The number of thiazole rings is 1. The van der Waals surface area contributed by atoms with Crippen LogP contribution in [0.1, 0.15) is 37.3 Å². The Bertz CT molecular complexity index is 1060. The number of Topliss-reactive ketones (excluding diaryl/α,β-unsaturated/α-hetero) is 1. The minimum Gasteiger partial charge on any atom is -0.395 e. The van der Waals surface area contributed by atoms with Crippen LogP contribution in [0.5, 0.6) is 0 Å². The molecule has 0 radical (unpaired) electrons. The van der Waals surface area contributed by atoms with E-state index < -0.39 is 0 Å². The zero-order valence-corrected chi connectivity index (χ0v) is 21.7. The van der Waals surface area contributed by atoms with Crippen LogP contribution in [0.2, 0.25) is 10.2 Å². The van der Waals surface area contributed by atoms with Crippen molar-refractivity contribution in [1.82, 2.24) is 25.2 Å². The first-order valence-corrected chi connectivity index (χ1v) is 12.7. The summed E-state index contributed by atoms with van der Waals surface area (Å²) in [6, 6.07) is 7.35. The van der Waals surface area contributed by atoms with E-state index in [0.29, 0.717) is 33.9 Å². The average Bonchev–Trinajstić information content (AvgIpc) is 3.26. The van der Waals surface area contributed by atoms with Gasteiger partial charge in [-0.1, -0.05) is 35.3 Å². The van der Waals surface area contributed by atoms with E-state index in [2.05, 4.69) is 25.2 Å². The van der Waals surface area contributed by atoms with Crippen molar-refractivity contribution in [3.8, 4) is 0 Å². The number of hydrogen-bond acceptors (Lipinski definition) is 8. The molecule has 0 atom stereocenters. The standard InChI is InChI=1S/C18H15Cl2N3OS.C6H14N2O/c1-10-4-3-5-14(19)13(10)8-15(24)16-9-21-18(25-16)7-12-6-17(20)23-11(2)22-12;9-6-5-8-3-1-7-2-4-8/h3-6,9H,7-8H2,1-2H3;7,9H,1-6H2. The fraction of sp³-hybridized carbons (Fsp3) is 0.417. The van der Waals surface area contributed by atoms with E-state index in [-0.39, 0.29) is 12.2 Å². The van der Waals surface area contributed by atoms with E-state index in [1.165, 1.54) is 11.3 Å². The fourth-order valence-electron chi connectivity index (χ4n) is 3.57. The third-order valence-electron chi connectivity index (χ3n) is 5.34. The van der Waals surface area contributed by atoms with Crippen molar-refractivity contribution in [3.05, 3.63) is 73.2 Å². The lowest BCUT2D eigenvalue weighted by Gasteiger charge is -2.25. The largest absolute Gasteiger partial charge is 0.395 e. The lowest BCUT2D eigenvalue weighted by molar-refractivity contribution is 0.0996. The lowest BCUT2D eigenvalue weighted by atomic mass is 10.0. The molecule has 0 aliphatic carbocycles. The summed E-state index contributed by atoms with van der Waals surface area (Å²) in [6.07, 6.45) is 2.40. The lowest BCUT2D eigenvalue weighted by Crippen LogP contribution is -2.44. The number of aliphatic hydroxyl groups is 1. The molecule has 1 aliphatic rings. The van der Waals surface area contributed by atoms with Crippen molar-refractivity contribution >= 4 is 40.3 Å². The number of aryl methyl sites for hydroxylation is 2. The molecular weight excluding hydrogens is 493 g/mol. The van der Waals surface area contributed by atoms with Crippen LogP contribution in [0.25, 0.3) is 0 Å². The molecule has 10 heteroatoms. The Morgan fingerprint density at radius 1 is 1.21 bits per heavy atom. The van der Waals surface area contributed by atoms with Crippen LogP contribution in [-0.4, -0.2) is 70.1 Å². The van der Waals surface area contributed by atoms with Crippen molar-refractivity contribution in [2.45, 2.75) is 26.7 Å². The molecule has 2 N–H and O–H groups in total. The van der Waals surface area contributed by atoms with E-state index in [9.17, 15) is 4.79 Å². The second kappa shape index (κ2) is 13.2. The fourth-order valence-corrected chi connectivity index (χ4v) is 4.98. The topological polar surface area (TPSA) is 91.2 Å². The Balaban J connectivity index is 0.000000302. The molecule has 2 aromatic heterocycles. The van der Waals surface area contributed by atoms with Crippen molar-refractivity contribution in [2.24, 2.45) is 0 Å². The third kappa shape index (κ3) is 8.08. The number of carbonyl (C=O) groups excluding carboxylic acids is 1. The van der Waals surface area contributed by atoms with Gasteiger partial charge in [-0.2, -0.15) is 0 Å². The average molecular weight is 523 g/mol. The highest BCUT2D eigenvalue weighted by Crippen LogP contribution is 2.24. The van der Waals surface area contributed by atoms with Crippen LogP contribution in [0, 0.1) is 13.8 Å². The van der Waals surface area contributed by atoms with Gasteiger partial charge in [-0.25, -0.2) is 15.0 Å². The molecule has 7 nitrogen and oxygen atoms in total. The number of β-amino-alcohol motifs (C(OH)–C–C–N with tert-alkyl or cyclic N) is 1. The SMILES string of the molecule is Cc1nc(Cl)cc(Cc2ncc(C(=O)Cc3c(C)cccc3Cl)s2)n1.OCCN1CCNCC1. The number of aromatic nitrogens is 3. The highest BCUT2D eigenvalue weighted by Gasteiger charge is 2.15. The summed E-state index contributed by atoms with van der Waals surface area (Å²) in [4.78, 5) is 28.2. The van der Waals surface area contributed by atoms with Gasteiger partial charge in [-0.3, -0.25) is 9.69 Å². The molecule has 34 heavy (non-hydrogen) atoms. The maximum atomic E-state index is 12.6. The number of halogens is 2. The summed E-state index contributed by atoms with van der Waals surface area (Å²) < 4.78 is 0. The summed E-state index contributed by atoms with van der Waals surface area (Å²) in [5.74, 6) is 0.626. The molecule has 1 fully saturated rings. The minimum absolute atomic E-state index is 0.0110. The van der Waals surface area contributed by atoms with Gasteiger partial charge < -0.3 is 10.4 Å². The first kappa shape index (κ1) is 26.7. The Hall–Kier alpha value is -1.94. The maximum Gasteiger partial charge on any atom is 0.178 e. The zero-order chi connectivity index (χ0) is 24.5. The van der Waals surface area contributed by atoms with Crippen molar-refractivity contribution in [2.75, 3.05) is 39.3 Å². The predicted octanol–water partition coefficient (Wildman–Crippen LogP) is 3.76. The number of nitrogens with one attached hydrogen (secondary N) is 1. The van der Waals surface area contributed by atoms with E-state index in [4.69, 9.17) is 28.3 Å². The normalized spacial score (nSPS) is 13.9. The van der Waals surface area contributed by atoms with Crippen LogP contribution in [0.15, 0.2) is 30.5 Å². The van der Waals surface area contributed by atoms with Crippen LogP contribution < -0.4 is 5.32 Å². The summed E-state index contributed by atoms with van der Waals surface area (Å²) in [7, 11) is 0. The second-order valence-electron chi connectivity index (χ2n) is 7.97. The first-order valence-electron chi connectivity index (χ1n) is 11.1. The van der Waals surface area contributed by atoms with Gasteiger partial charge in [-0.15, -0.1) is 11.3 Å². The Morgan fingerprint density at radius 3 is 2.65 bits per heavy atom. The number of benzene rings is 1. The molecule has 0 bridgehead atoms. The highest BCUT2D eigenvalue weighted by atomic mass is 35.5. The number of aliphatic hydroxyl groups excluding tert-OH is 1. The molecule has 3 aromatic rings. The first-order chi connectivity index (χ1) is 16.4. The second-order valence-corrected chi connectivity index (χ2v) is 9.88. The van der Waals surface area contributed by atoms with Crippen molar-refractivity contribution in [3.63, 3.8) is 0 Å². The zero-order valence-electron chi connectivity index (χ0n) is 19.4. The summed E-state index contributed by atoms with van der Waals surface area (Å²) in [5.41, 5.74) is 2.66. The van der Waals surface area contributed by atoms with Crippen LogP contribution in [0.4, 0.5) is 0 Å². The van der Waals surface area contributed by atoms with Gasteiger partial charge >= 0.3 is 0 Å². The van der Waals surface area contributed by atoms with Gasteiger partial charge in [0.2, 0.25) is 0 Å². The van der Waals surface area contributed by atoms with E-state index >= 15 is 0 Å². The summed E-state index contributed by atoms with van der Waals surface area (Å²) >= 11 is 13.5. The third-order valence-corrected chi connectivity index (χ3v) is 6.92. The smallest absolute Gasteiger partial charge is 0.178 e. The summed E-state index contributed by atoms with van der Waals surface area (Å²) in [5, 5.41) is 13.6. The van der Waals surface area contributed by atoms with Gasteiger partial charge in [0.1, 0.15) is 11.0 Å². The van der Waals surface area contributed by atoms with Gasteiger partial charge in [0.05, 0.1) is 22.2 Å². The Kier molecular flexibility index (Phi) is 10.4. The van der Waals surface area contributed by atoms with Crippen LogP contribution in [0.3, 0.4) is 0 Å². The maximum absolute atomic E-state index is 12.6. The van der Waals surface area contributed by atoms with E-state index in [1.54, 1.807) is 25.3 Å². The monoisotopic (exact) mass is 521 g/mol. The number of carbonyl (C=O) groups is 1. The van der Waals surface area contributed by atoms with Gasteiger partial charge in [-0.05, 0) is 37.1 Å². The molecule has 3 heterocycles. The van der Waals surface area contributed by atoms with Crippen molar-refractivity contribution < 1.29 is 9.90 Å². The Labute approximate surface area is 214 Å². The van der Waals surface area contributed by atoms with Crippen LogP contribution in [-0.2, 0) is 12.8 Å². The predicted molar refractivity (Wildman–Crippen MR) is 137 cm³/mol. The molecule has 182 valence electrons. The Morgan fingerprint density at radius 2 is 1.97 bits per heavy atom. The molecule has 0 unspecified atom stereocenters. The van der Waals surface area contributed by atoms with Crippen LogP contribution >= 0.6 is 34.5 Å². The molecule has 0 spiro atoms. The summed E-state index contributed by atoms with van der Waals surface area (Å²) in [6.45, 7) is 9.18. The van der Waals surface area contributed by atoms with Gasteiger partial charge in [0, 0.05) is 56.8 Å². The van der Waals surface area contributed by atoms with E-state index in [0.717, 1.165) is 54.6 Å². The number of piperazine rings is 1. The minimum atomic E-state index is 0.0110. The molecule has 4 rings (SSSR count). The van der Waals surface area contributed by atoms with Crippen molar-refractivity contribution in [1.29, 1.82) is 0 Å². The quantitative estimate of drug-likeness (QED) is 0.361. The van der Waals surface area contributed by atoms with E-state index in [1.807, 2.05) is 19.1 Å². The number of rotatable bonds is 7. The van der Waals surface area contributed by atoms with Gasteiger partial charge in [0.15, 0.2) is 5.78 Å². The molecular formula is C24H29Cl2N5O2S. The molecule has 1 aromatic carbocycles. The molecule has 1 aliphatic heterocycles. The number of hydrogen-bond donors (Lipinski definition) is 2. The highest BCUT2D eigenvalue weighted by molar-refractivity contribution is 7.13. The number of ketones is 1. The molecule has 1 saturated heterocycles. The number of nitrogens with zero attached hydrogens (tertiary/aromatic N) is 4. The molecule has 0 saturated carbocycles. The van der Waals surface area contributed by atoms with Gasteiger partial charge in [0.25, 0.3) is 0 Å².